The molecule has 0 bridgehead atoms. The summed E-state index contributed by atoms with van der Waals surface area (Å²) in [7, 11) is 0. The molecule has 1 atom stereocenters. The van der Waals surface area contributed by atoms with Gasteiger partial charge in [0.05, 0.1) is 6.54 Å². The van der Waals surface area contributed by atoms with Crippen molar-refractivity contribution in [3.05, 3.63) is 74.8 Å². The van der Waals surface area contributed by atoms with E-state index in [9.17, 15) is 18.0 Å². The summed E-state index contributed by atoms with van der Waals surface area (Å²) in [4.78, 5) is 21.2. The van der Waals surface area contributed by atoms with Crippen molar-refractivity contribution in [2.24, 2.45) is 9.98 Å². The first-order valence-electron chi connectivity index (χ1n) is 11.1. The number of halogens is 4. The average molecular weight is 500 g/mol. The van der Waals surface area contributed by atoms with Crippen molar-refractivity contribution >= 4 is 35.3 Å². The number of benzene rings is 1. The number of aliphatic imine (C=N–C) groups is 2. The minimum Gasteiger partial charge on any atom is -0.293 e. The van der Waals surface area contributed by atoms with Gasteiger partial charge in [-0.05, 0) is 66.3 Å². The van der Waals surface area contributed by atoms with Crippen LogP contribution in [0, 0.1) is 6.92 Å². The van der Waals surface area contributed by atoms with Gasteiger partial charge in [0.1, 0.15) is 6.04 Å². The fourth-order valence-corrected chi connectivity index (χ4v) is 4.59. The molecule has 0 N–H and O–H groups in total. The van der Waals surface area contributed by atoms with Gasteiger partial charge in [-0.2, -0.15) is 13.2 Å². The van der Waals surface area contributed by atoms with Crippen molar-refractivity contribution in [3.63, 3.8) is 0 Å². The minimum atomic E-state index is -4.39. The van der Waals surface area contributed by atoms with Gasteiger partial charge in [-0.25, -0.2) is 13.9 Å². The van der Waals surface area contributed by atoms with Crippen LogP contribution in [0.15, 0.2) is 62.8 Å². The first kappa shape index (κ1) is 23.3. The topological polar surface area (TPSA) is 64.0 Å². The third-order valence-electron chi connectivity index (χ3n) is 6.21. The second-order valence-corrected chi connectivity index (χ2v) is 8.94. The van der Waals surface area contributed by atoms with E-state index >= 15 is 0 Å². The molecular weight excluding hydrogens is 479 g/mol. The Morgan fingerprint density at radius 1 is 1.20 bits per heavy atom. The molecule has 0 radical (unpaired) electrons. The SMILES string of the molecule is Cc1c(C2=CC=NCC2)c(-c2ccc(Cl)cc2)cc2nn(CC3=CCC(C(F)(F)F)N=C3)c(=O)n12. The number of rotatable bonds is 4. The summed E-state index contributed by atoms with van der Waals surface area (Å²) >= 11 is 6.10. The maximum absolute atomic E-state index is 13.3. The van der Waals surface area contributed by atoms with E-state index in [2.05, 4.69) is 15.1 Å². The average Bonchev–Trinajstić information content (AvgIpc) is 3.15. The smallest absolute Gasteiger partial charge is 0.293 e. The Morgan fingerprint density at radius 2 is 1.97 bits per heavy atom. The van der Waals surface area contributed by atoms with Gasteiger partial charge in [-0.1, -0.05) is 29.8 Å². The molecule has 10 heteroatoms. The Kier molecular flexibility index (Phi) is 5.96. The van der Waals surface area contributed by atoms with Crippen LogP contribution in [0.25, 0.3) is 22.3 Å². The fourth-order valence-electron chi connectivity index (χ4n) is 4.46. The van der Waals surface area contributed by atoms with Gasteiger partial charge in [-0.15, -0.1) is 5.10 Å². The zero-order valence-corrected chi connectivity index (χ0v) is 19.5. The van der Waals surface area contributed by atoms with Gasteiger partial charge in [-0.3, -0.25) is 9.98 Å². The highest BCUT2D eigenvalue weighted by molar-refractivity contribution is 6.30. The van der Waals surface area contributed by atoms with Crippen LogP contribution >= 0.6 is 11.6 Å². The van der Waals surface area contributed by atoms with E-state index in [-0.39, 0.29) is 18.7 Å². The lowest BCUT2D eigenvalue weighted by atomic mass is 9.91. The molecular formula is C25H21ClF3N5O. The Labute approximate surface area is 203 Å². The van der Waals surface area contributed by atoms with Crippen LogP contribution in [-0.4, -0.2) is 45.4 Å². The molecule has 0 saturated carbocycles. The van der Waals surface area contributed by atoms with Crippen LogP contribution in [0.3, 0.4) is 0 Å². The molecule has 35 heavy (non-hydrogen) atoms. The quantitative estimate of drug-likeness (QED) is 0.488. The fraction of sp³-hybridized carbons (Fsp3) is 0.280. The summed E-state index contributed by atoms with van der Waals surface area (Å²) in [6, 6.07) is 7.58. The predicted molar refractivity (Wildman–Crippen MR) is 132 cm³/mol. The number of allylic oxidation sites excluding steroid dienone is 2. The Hall–Kier alpha value is -3.46. The normalized spacial score (nSPS) is 18.1. The van der Waals surface area contributed by atoms with Crippen LogP contribution in [-0.2, 0) is 6.54 Å². The lowest BCUT2D eigenvalue weighted by Crippen LogP contribution is -2.29. The second-order valence-electron chi connectivity index (χ2n) is 8.51. The standard InChI is InChI=1S/C25H21ClF3N5O/c1-15-23(18-8-10-30-11-9-18)20(17-3-5-19(26)6-4-17)12-22-32-33(24(35)34(15)22)14-16-2-7-21(31-13-16)25(27,28)29/h2-6,8,10,12-13,21H,7,9,11,14H2,1H3. The lowest BCUT2D eigenvalue weighted by molar-refractivity contribution is -0.146. The van der Waals surface area contributed by atoms with Crippen molar-refractivity contribution in [2.45, 2.75) is 38.5 Å². The molecule has 2 aliphatic rings. The molecule has 6 nitrogen and oxygen atoms in total. The summed E-state index contributed by atoms with van der Waals surface area (Å²) < 4.78 is 41.5. The van der Waals surface area contributed by atoms with Crippen molar-refractivity contribution in [2.75, 3.05) is 6.54 Å². The number of dihydropyridines is 2. The van der Waals surface area contributed by atoms with E-state index in [1.54, 1.807) is 10.6 Å². The third kappa shape index (κ3) is 4.48. The van der Waals surface area contributed by atoms with Gasteiger partial charge >= 0.3 is 11.9 Å². The number of aromatic nitrogens is 3. The first-order valence-corrected chi connectivity index (χ1v) is 11.5. The van der Waals surface area contributed by atoms with Crippen LogP contribution in [0.4, 0.5) is 13.2 Å². The molecule has 2 aromatic heterocycles. The summed E-state index contributed by atoms with van der Waals surface area (Å²) in [5.74, 6) is 0. The zero-order chi connectivity index (χ0) is 24.7. The summed E-state index contributed by atoms with van der Waals surface area (Å²) in [6.07, 6.45) is 2.46. The van der Waals surface area contributed by atoms with E-state index < -0.39 is 12.2 Å². The van der Waals surface area contributed by atoms with Gasteiger partial charge in [0.25, 0.3) is 0 Å². The van der Waals surface area contributed by atoms with Gasteiger partial charge in [0, 0.05) is 35.3 Å². The van der Waals surface area contributed by atoms with Gasteiger partial charge in [0.2, 0.25) is 0 Å². The Balaban J connectivity index is 1.60. The number of nitrogens with zero attached hydrogens (tertiary/aromatic N) is 5. The maximum Gasteiger partial charge on any atom is 0.411 e. The Morgan fingerprint density at radius 3 is 2.60 bits per heavy atom. The summed E-state index contributed by atoms with van der Waals surface area (Å²) in [5, 5.41) is 5.11. The van der Waals surface area contributed by atoms with E-state index in [4.69, 9.17) is 11.6 Å². The highest BCUT2D eigenvalue weighted by Crippen LogP contribution is 2.35. The second kappa shape index (κ2) is 8.96. The van der Waals surface area contributed by atoms with Crippen LogP contribution in [0.5, 0.6) is 0 Å². The number of aryl methyl sites for hydroxylation is 1. The van der Waals surface area contributed by atoms with E-state index in [1.165, 1.54) is 17.0 Å². The number of alkyl halides is 3. The molecule has 0 fully saturated rings. The van der Waals surface area contributed by atoms with Crippen LogP contribution in [0.2, 0.25) is 5.02 Å². The molecule has 2 aliphatic heterocycles. The molecule has 0 spiro atoms. The number of fused-ring (bicyclic) bond motifs is 1. The van der Waals surface area contributed by atoms with Crippen molar-refractivity contribution in [1.82, 2.24) is 14.2 Å². The summed E-state index contributed by atoms with van der Waals surface area (Å²) in [6.45, 7) is 2.57. The first-order chi connectivity index (χ1) is 16.7. The van der Waals surface area contributed by atoms with Crippen LogP contribution in [0.1, 0.15) is 24.1 Å². The highest BCUT2D eigenvalue weighted by atomic mass is 35.5. The third-order valence-corrected chi connectivity index (χ3v) is 6.46. The predicted octanol–water partition coefficient (Wildman–Crippen LogP) is 5.31. The molecule has 5 rings (SSSR count). The molecule has 3 aromatic rings. The molecule has 0 amide bonds. The van der Waals surface area contributed by atoms with E-state index in [1.807, 2.05) is 43.3 Å². The van der Waals surface area contributed by atoms with Gasteiger partial charge in [0.15, 0.2) is 5.65 Å². The minimum absolute atomic E-state index is 0.0367. The maximum atomic E-state index is 13.3. The van der Waals surface area contributed by atoms with Gasteiger partial charge < -0.3 is 0 Å². The number of pyridine rings is 1. The van der Waals surface area contributed by atoms with Crippen LogP contribution < -0.4 is 5.69 Å². The molecule has 0 aliphatic carbocycles. The largest absolute Gasteiger partial charge is 0.411 e. The number of hydrogen-bond donors (Lipinski definition) is 0. The molecule has 4 heterocycles. The molecule has 1 aromatic carbocycles. The van der Waals surface area contributed by atoms with Crippen molar-refractivity contribution < 1.29 is 13.2 Å². The number of hydrogen-bond acceptors (Lipinski definition) is 4. The zero-order valence-electron chi connectivity index (χ0n) is 18.8. The monoisotopic (exact) mass is 499 g/mol. The van der Waals surface area contributed by atoms with E-state index in [0.717, 1.165) is 34.4 Å². The van der Waals surface area contributed by atoms with Crippen molar-refractivity contribution in [3.8, 4) is 11.1 Å². The lowest BCUT2D eigenvalue weighted by Gasteiger charge is -2.18. The molecule has 180 valence electrons. The summed E-state index contributed by atoms with van der Waals surface area (Å²) in [5.41, 5.74) is 5.17. The van der Waals surface area contributed by atoms with E-state index in [0.29, 0.717) is 22.8 Å². The molecule has 1 unspecified atom stereocenters. The highest BCUT2D eigenvalue weighted by Gasteiger charge is 2.39. The Bertz CT molecular complexity index is 1480. The van der Waals surface area contributed by atoms with Crippen molar-refractivity contribution in [1.29, 1.82) is 0 Å². The molecule has 0 saturated heterocycles.